The molecule has 2 rings (SSSR count). The normalized spacial score (nSPS) is 12.6. The number of amides is 2. The van der Waals surface area contributed by atoms with Crippen LogP contribution in [0.25, 0.3) is 0 Å². The monoisotopic (exact) mass is 948 g/mol. The lowest BCUT2D eigenvalue weighted by atomic mass is 10.0. The van der Waals surface area contributed by atoms with Crippen LogP contribution in [0.5, 0.6) is 11.5 Å². The van der Waals surface area contributed by atoms with Gasteiger partial charge >= 0.3 is 35.8 Å². The van der Waals surface area contributed by atoms with Crippen molar-refractivity contribution in [3.8, 4) is 11.5 Å². The molecule has 372 valence electrons. The summed E-state index contributed by atoms with van der Waals surface area (Å²) in [7, 11) is 0. The average Bonchev–Trinajstić information content (AvgIpc) is 3.24. The van der Waals surface area contributed by atoms with Gasteiger partial charge < -0.3 is 56.6 Å². The number of hydrogen-bond acceptors (Lipinski definition) is 15. The molecule has 2 amide bonds. The second-order valence-corrected chi connectivity index (χ2v) is 16.0. The molecule has 3 atom stereocenters. The third-order valence-corrected chi connectivity index (χ3v) is 10.4. The van der Waals surface area contributed by atoms with Gasteiger partial charge in [-0.05, 0) is 74.6 Å². The van der Waals surface area contributed by atoms with E-state index in [0.717, 1.165) is 0 Å². The second-order valence-electron chi connectivity index (χ2n) is 16.0. The molecule has 0 spiro atoms. The number of rotatable bonds is 37. The standard InChI is InChI=1S/C44H64N6O17/c51-34-13-8-28(22-30(34)24-49(26-40(59)60)20-21-50(27-41(61)62)25-31-23-29(9-14-35(31)52)11-16-38(55)56)10-15-37(54)46-18-4-1-2-7-36(53)45-19-5-3-6-32(42(63)64)47-44(67)48-33(43(65)66)12-17-39(57)58/h8-9,13-14,22-23,32-33,44,47-48,51-52,67H,1-7,10-12,15-21,24-27H2,(H,45,53)(H,46,54)(H,55,56)(H,57,58)(H,59,60)(H,61,62)(H,63,64)(H,65,66). The van der Waals surface area contributed by atoms with E-state index in [9.17, 15) is 74.1 Å². The van der Waals surface area contributed by atoms with Crippen LogP contribution < -0.4 is 21.3 Å². The first kappa shape index (κ1) is 56.7. The van der Waals surface area contributed by atoms with Gasteiger partial charge in [0.2, 0.25) is 11.8 Å². The van der Waals surface area contributed by atoms with Gasteiger partial charge in [-0.1, -0.05) is 30.7 Å². The van der Waals surface area contributed by atoms with Crippen LogP contribution in [0.1, 0.15) is 92.9 Å². The Bertz CT molecular complexity index is 1970. The van der Waals surface area contributed by atoms with Crippen molar-refractivity contribution in [2.45, 2.75) is 115 Å². The van der Waals surface area contributed by atoms with E-state index in [1.54, 1.807) is 24.3 Å². The number of carbonyl (C=O) groups excluding carboxylic acids is 2. The summed E-state index contributed by atoms with van der Waals surface area (Å²) in [5, 5.41) is 97.0. The van der Waals surface area contributed by atoms with E-state index in [1.807, 2.05) is 0 Å². The molecule has 0 saturated carbocycles. The lowest BCUT2D eigenvalue weighted by Gasteiger charge is -2.26. The van der Waals surface area contributed by atoms with Crippen LogP contribution in [0, 0.1) is 0 Å². The maximum atomic E-state index is 12.6. The summed E-state index contributed by atoms with van der Waals surface area (Å²) < 4.78 is 0. The minimum atomic E-state index is -1.73. The van der Waals surface area contributed by atoms with Crippen LogP contribution in [-0.2, 0) is 64.3 Å². The summed E-state index contributed by atoms with van der Waals surface area (Å²) in [6.07, 6.45) is 0.887. The predicted molar refractivity (Wildman–Crippen MR) is 237 cm³/mol. The fraction of sp³-hybridized carbons (Fsp3) is 0.545. The van der Waals surface area contributed by atoms with Crippen LogP contribution in [0.3, 0.4) is 0 Å². The van der Waals surface area contributed by atoms with Gasteiger partial charge in [0.25, 0.3) is 0 Å². The number of carboxylic acid groups (broad SMARTS) is 6. The van der Waals surface area contributed by atoms with Crippen LogP contribution in [0.2, 0.25) is 0 Å². The van der Waals surface area contributed by atoms with Crippen LogP contribution in [0.15, 0.2) is 36.4 Å². The van der Waals surface area contributed by atoms with Crippen molar-refractivity contribution < 1.29 is 84.3 Å². The summed E-state index contributed by atoms with van der Waals surface area (Å²) in [6.45, 7) is -0.0985. The largest absolute Gasteiger partial charge is 0.508 e. The molecule has 0 aliphatic carbocycles. The van der Waals surface area contributed by atoms with E-state index in [2.05, 4.69) is 21.3 Å². The molecule has 23 nitrogen and oxygen atoms in total. The van der Waals surface area contributed by atoms with E-state index in [0.29, 0.717) is 67.3 Å². The van der Waals surface area contributed by atoms with E-state index in [1.165, 1.54) is 21.9 Å². The number of aliphatic carboxylic acids is 6. The molecule has 67 heavy (non-hydrogen) atoms. The Kier molecular flexibility index (Phi) is 26.0. The third-order valence-electron chi connectivity index (χ3n) is 10.4. The molecular weight excluding hydrogens is 885 g/mol. The number of aliphatic hydroxyl groups is 1. The lowest BCUT2D eigenvalue weighted by molar-refractivity contribution is -0.143. The summed E-state index contributed by atoms with van der Waals surface area (Å²) in [5.41, 5.74) is 2.13. The van der Waals surface area contributed by atoms with Crippen molar-refractivity contribution in [3.63, 3.8) is 0 Å². The molecule has 23 heteroatoms. The highest BCUT2D eigenvalue weighted by Crippen LogP contribution is 2.23. The molecule has 0 aliphatic rings. The fourth-order valence-electron chi connectivity index (χ4n) is 6.87. The molecule has 0 radical (unpaired) electrons. The number of unbranched alkanes of at least 4 members (excludes halogenated alkanes) is 3. The van der Waals surface area contributed by atoms with Crippen molar-refractivity contribution >= 4 is 47.6 Å². The molecule has 0 bridgehead atoms. The maximum Gasteiger partial charge on any atom is 0.320 e. The zero-order valence-corrected chi connectivity index (χ0v) is 37.2. The fourth-order valence-corrected chi connectivity index (χ4v) is 6.87. The molecule has 13 N–H and O–H groups in total. The molecular formula is C44H64N6O17. The number of aryl methyl sites for hydroxylation is 2. The van der Waals surface area contributed by atoms with E-state index in [4.69, 9.17) is 10.2 Å². The Morgan fingerprint density at radius 1 is 0.507 bits per heavy atom. The van der Waals surface area contributed by atoms with Crippen molar-refractivity contribution in [3.05, 3.63) is 58.7 Å². The molecule has 0 saturated heterocycles. The predicted octanol–water partition coefficient (Wildman–Crippen LogP) is 0.710. The summed E-state index contributed by atoms with van der Waals surface area (Å²) in [4.78, 5) is 96.1. The maximum absolute atomic E-state index is 12.6. The quantitative estimate of drug-likeness (QED) is 0.0328. The number of hydrogen-bond donors (Lipinski definition) is 13. The SMILES string of the molecule is O=C(O)CCc1ccc(O)c(CN(CCN(CC(=O)O)Cc2cc(CCC(=O)NCCCCCC(=O)NCCCCC(NC(O)NC(CCC(=O)O)C(=O)O)C(=O)O)ccc2O)CC(=O)O)c1. The Morgan fingerprint density at radius 3 is 1.42 bits per heavy atom. The number of phenols is 2. The number of nitrogens with one attached hydrogen (secondary N) is 4. The van der Waals surface area contributed by atoms with Crippen LogP contribution >= 0.6 is 0 Å². The van der Waals surface area contributed by atoms with Crippen molar-refractivity contribution in [2.75, 3.05) is 39.3 Å². The highest BCUT2D eigenvalue weighted by atomic mass is 16.4. The Hall–Kier alpha value is -6.40. The van der Waals surface area contributed by atoms with Gasteiger partial charge in [-0.2, -0.15) is 0 Å². The van der Waals surface area contributed by atoms with Gasteiger partial charge in [-0.25, -0.2) is 0 Å². The smallest absolute Gasteiger partial charge is 0.320 e. The Balaban J connectivity index is 1.75. The van der Waals surface area contributed by atoms with E-state index >= 15 is 0 Å². The lowest BCUT2D eigenvalue weighted by Crippen LogP contribution is -2.55. The minimum Gasteiger partial charge on any atom is -0.508 e. The molecule has 0 aliphatic heterocycles. The van der Waals surface area contributed by atoms with Gasteiger partial charge in [0, 0.05) is 76.1 Å². The first-order valence-corrected chi connectivity index (χ1v) is 21.8. The topological polar surface area (TPSA) is 373 Å². The number of nitrogens with zero attached hydrogens (tertiary/aromatic N) is 2. The highest BCUT2D eigenvalue weighted by Gasteiger charge is 2.25. The van der Waals surface area contributed by atoms with E-state index < -0.39 is 73.8 Å². The number of benzene rings is 2. The van der Waals surface area contributed by atoms with Crippen LogP contribution in [0.4, 0.5) is 0 Å². The Morgan fingerprint density at radius 2 is 0.955 bits per heavy atom. The van der Waals surface area contributed by atoms with Gasteiger partial charge in [0.15, 0.2) is 6.35 Å². The molecule has 0 heterocycles. The number of carboxylic acids is 6. The number of aromatic hydroxyl groups is 2. The summed E-state index contributed by atoms with van der Waals surface area (Å²) in [6, 6.07) is 6.69. The van der Waals surface area contributed by atoms with Gasteiger partial charge in [-0.15, -0.1) is 0 Å². The Labute approximate surface area is 386 Å². The third kappa shape index (κ3) is 25.2. The van der Waals surface area contributed by atoms with Gasteiger partial charge in [-0.3, -0.25) is 58.8 Å². The average molecular weight is 949 g/mol. The zero-order chi connectivity index (χ0) is 49.9. The second kappa shape index (κ2) is 30.7. The first-order chi connectivity index (χ1) is 31.7. The van der Waals surface area contributed by atoms with Gasteiger partial charge in [0.05, 0.1) is 13.1 Å². The summed E-state index contributed by atoms with van der Waals surface area (Å²) in [5.74, 6) is -7.85. The van der Waals surface area contributed by atoms with Crippen LogP contribution in [-0.4, -0.2) is 161 Å². The van der Waals surface area contributed by atoms with Crippen molar-refractivity contribution in [1.82, 2.24) is 31.1 Å². The number of phenolic OH excluding ortho intramolecular Hbond substituents is 2. The zero-order valence-electron chi connectivity index (χ0n) is 37.2. The molecule has 2 aromatic rings. The molecule has 3 unspecified atom stereocenters. The molecule has 0 aromatic heterocycles. The van der Waals surface area contributed by atoms with Crippen molar-refractivity contribution in [2.24, 2.45) is 0 Å². The number of aliphatic hydroxyl groups excluding tert-OH is 1. The van der Waals surface area contributed by atoms with E-state index in [-0.39, 0.29) is 94.6 Å². The van der Waals surface area contributed by atoms with Gasteiger partial charge in [0.1, 0.15) is 23.6 Å². The minimum absolute atomic E-state index is 0.0121. The summed E-state index contributed by atoms with van der Waals surface area (Å²) >= 11 is 0. The molecule has 2 aromatic carbocycles. The highest BCUT2D eigenvalue weighted by molar-refractivity contribution is 5.77. The molecule has 0 fully saturated rings. The first-order valence-electron chi connectivity index (χ1n) is 21.8. The number of carbonyl (C=O) groups is 8. The van der Waals surface area contributed by atoms with Crippen molar-refractivity contribution in [1.29, 1.82) is 0 Å².